The SMILES string of the molecule is CC1(C)CCCN1CCOc1ccc(C=CC(=O)O)cc1. The quantitative estimate of drug-likeness (QED) is 0.818. The van der Waals surface area contributed by atoms with Crippen molar-refractivity contribution in [2.24, 2.45) is 0 Å². The fourth-order valence-corrected chi connectivity index (χ4v) is 2.69. The Morgan fingerprint density at radius 2 is 2.10 bits per heavy atom. The van der Waals surface area contributed by atoms with Gasteiger partial charge in [0.15, 0.2) is 0 Å². The van der Waals surface area contributed by atoms with Crippen molar-refractivity contribution < 1.29 is 14.6 Å². The van der Waals surface area contributed by atoms with Crippen molar-refractivity contribution in [2.45, 2.75) is 32.2 Å². The third-order valence-corrected chi connectivity index (χ3v) is 4.00. The molecule has 21 heavy (non-hydrogen) atoms. The van der Waals surface area contributed by atoms with Crippen molar-refractivity contribution in [3.05, 3.63) is 35.9 Å². The zero-order valence-corrected chi connectivity index (χ0v) is 12.7. The Bertz CT molecular complexity index is 505. The molecule has 1 N–H and O–H groups in total. The molecule has 0 unspecified atom stereocenters. The molecule has 1 aliphatic heterocycles. The maximum Gasteiger partial charge on any atom is 0.328 e. The average Bonchev–Trinajstić information content (AvgIpc) is 2.77. The summed E-state index contributed by atoms with van der Waals surface area (Å²) in [4.78, 5) is 12.9. The molecule has 1 aromatic carbocycles. The van der Waals surface area contributed by atoms with Gasteiger partial charge in [-0.15, -0.1) is 0 Å². The van der Waals surface area contributed by atoms with Gasteiger partial charge in [-0.1, -0.05) is 12.1 Å². The molecule has 0 saturated carbocycles. The monoisotopic (exact) mass is 289 g/mol. The molecule has 4 heteroatoms. The van der Waals surface area contributed by atoms with Crippen LogP contribution in [0.4, 0.5) is 0 Å². The fourth-order valence-electron chi connectivity index (χ4n) is 2.69. The summed E-state index contributed by atoms with van der Waals surface area (Å²) in [5.74, 6) is -0.122. The number of nitrogens with zero attached hydrogens (tertiary/aromatic N) is 1. The predicted octanol–water partition coefficient (Wildman–Crippen LogP) is 3.04. The third kappa shape index (κ3) is 4.60. The topological polar surface area (TPSA) is 49.8 Å². The highest BCUT2D eigenvalue weighted by Gasteiger charge is 2.31. The summed E-state index contributed by atoms with van der Waals surface area (Å²) in [7, 11) is 0. The van der Waals surface area contributed by atoms with Crippen molar-refractivity contribution in [1.29, 1.82) is 0 Å². The van der Waals surface area contributed by atoms with Crippen LogP contribution in [-0.2, 0) is 4.79 Å². The van der Waals surface area contributed by atoms with Gasteiger partial charge >= 0.3 is 5.97 Å². The Balaban J connectivity index is 1.80. The van der Waals surface area contributed by atoms with E-state index in [1.165, 1.54) is 12.8 Å². The Morgan fingerprint density at radius 3 is 2.67 bits per heavy atom. The molecule has 4 nitrogen and oxygen atoms in total. The molecule has 114 valence electrons. The largest absolute Gasteiger partial charge is 0.492 e. The smallest absolute Gasteiger partial charge is 0.328 e. The number of carbonyl (C=O) groups is 1. The first-order chi connectivity index (χ1) is 9.97. The van der Waals surface area contributed by atoms with Gasteiger partial charge in [0, 0.05) is 18.2 Å². The van der Waals surface area contributed by atoms with Gasteiger partial charge in [0.1, 0.15) is 12.4 Å². The average molecular weight is 289 g/mol. The number of ether oxygens (including phenoxy) is 1. The minimum Gasteiger partial charge on any atom is -0.492 e. The maximum atomic E-state index is 10.4. The van der Waals surface area contributed by atoms with Gasteiger partial charge in [0.2, 0.25) is 0 Å². The molecule has 0 bridgehead atoms. The Kier molecular flexibility index (Phi) is 5.02. The second-order valence-corrected chi connectivity index (χ2v) is 5.99. The number of hydrogen-bond donors (Lipinski definition) is 1. The molecule has 0 aromatic heterocycles. The summed E-state index contributed by atoms with van der Waals surface area (Å²) in [6, 6.07) is 7.45. The summed E-state index contributed by atoms with van der Waals surface area (Å²) in [5, 5.41) is 8.58. The number of hydrogen-bond acceptors (Lipinski definition) is 3. The number of likely N-dealkylation sites (tertiary alicyclic amines) is 1. The lowest BCUT2D eigenvalue weighted by Crippen LogP contribution is -2.40. The van der Waals surface area contributed by atoms with Gasteiger partial charge < -0.3 is 9.84 Å². The minimum absolute atomic E-state index is 0.287. The highest BCUT2D eigenvalue weighted by atomic mass is 16.5. The van der Waals surface area contributed by atoms with Crippen LogP contribution in [0.25, 0.3) is 6.08 Å². The molecule has 1 fully saturated rings. The van der Waals surface area contributed by atoms with Crippen LogP contribution in [-0.4, -0.2) is 41.2 Å². The van der Waals surface area contributed by atoms with Crippen molar-refractivity contribution >= 4 is 12.0 Å². The molecule has 2 rings (SSSR count). The molecule has 0 spiro atoms. The molecule has 0 radical (unpaired) electrons. The van der Waals surface area contributed by atoms with Crippen LogP contribution in [0.1, 0.15) is 32.3 Å². The summed E-state index contributed by atoms with van der Waals surface area (Å²) in [6.07, 6.45) is 5.21. The standard InChI is InChI=1S/C17H23NO3/c1-17(2)10-3-11-18(17)12-13-21-15-7-4-14(5-8-15)6-9-16(19)20/h4-9H,3,10-13H2,1-2H3,(H,19,20). The maximum absolute atomic E-state index is 10.4. The third-order valence-electron chi connectivity index (χ3n) is 4.00. The minimum atomic E-state index is -0.941. The van der Waals surface area contributed by atoms with Gasteiger partial charge in [0.05, 0.1) is 0 Å². The first kappa shape index (κ1) is 15.6. The second-order valence-electron chi connectivity index (χ2n) is 5.99. The van der Waals surface area contributed by atoms with Crippen molar-refractivity contribution in [2.75, 3.05) is 19.7 Å². The van der Waals surface area contributed by atoms with Crippen LogP contribution in [0.3, 0.4) is 0 Å². The predicted molar refractivity (Wildman–Crippen MR) is 83.5 cm³/mol. The first-order valence-corrected chi connectivity index (χ1v) is 7.36. The second kappa shape index (κ2) is 6.76. The zero-order chi connectivity index (χ0) is 15.3. The van der Waals surface area contributed by atoms with Gasteiger partial charge in [-0.05, 0) is 57.0 Å². The molecule has 0 amide bonds. The van der Waals surface area contributed by atoms with E-state index in [1.54, 1.807) is 6.08 Å². The summed E-state index contributed by atoms with van der Waals surface area (Å²) in [5.41, 5.74) is 1.14. The molecule has 1 aliphatic rings. The Morgan fingerprint density at radius 1 is 1.38 bits per heavy atom. The molecular weight excluding hydrogens is 266 g/mol. The van der Waals surface area contributed by atoms with E-state index >= 15 is 0 Å². The van der Waals surface area contributed by atoms with Gasteiger partial charge in [0.25, 0.3) is 0 Å². The van der Waals surface area contributed by atoms with Gasteiger partial charge in [-0.3, -0.25) is 4.90 Å². The van der Waals surface area contributed by atoms with Crippen LogP contribution in [0.5, 0.6) is 5.75 Å². The van der Waals surface area contributed by atoms with E-state index in [9.17, 15) is 4.79 Å². The Hall–Kier alpha value is -1.81. The molecule has 1 aromatic rings. The lowest BCUT2D eigenvalue weighted by molar-refractivity contribution is -0.131. The lowest BCUT2D eigenvalue weighted by Gasteiger charge is -2.31. The van der Waals surface area contributed by atoms with Gasteiger partial charge in [-0.25, -0.2) is 4.79 Å². The number of rotatable bonds is 6. The van der Waals surface area contributed by atoms with Crippen LogP contribution in [0, 0.1) is 0 Å². The molecule has 1 saturated heterocycles. The van der Waals surface area contributed by atoms with E-state index < -0.39 is 5.97 Å². The highest BCUT2D eigenvalue weighted by molar-refractivity contribution is 5.85. The molecular formula is C17H23NO3. The summed E-state index contributed by atoms with van der Waals surface area (Å²) >= 11 is 0. The highest BCUT2D eigenvalue weighted by Crippen LogP contribution is 2.27. The number of aliphatic carboxylic acids is 1. The van der Waals surface area contributed by atoms with Crippen molar-refractivity contribution in [1.82, 2.24) is 4.90 Å². The van der Waals surface area contributed by atoms with Crippen LogP contribution in [0.2, 0.25) is 0 Å². The van der Waals surface area contributed by atoms with Gasteiger partial charge in [-0.2, -0.15) is 0 Å². The van der Waals surface area contributed by atoms with E-state index in [2.05, 4.69) is 18.7 Å². The zero-order valence-electron chi connectivity index (χ0n) is 12.7. The summed E-state index contributed by atoms with van der Waals surface area (Å²) in [6.45, 7) is 7.32. The van der Waals surface area contributed by atoms with E-state index in [-0.39, 0.29) is 5.54 Å². The molecule has 0 aliphatic carbocycles. The molecule has 1 heterocycles. The van der Waals surface area contributed by atoms with E-state index in [0.29, 0.717) is 6.61 Å². The fraction of sp³-hybridized carbons (Fsp3) is 0.471. The number of benzene rings is 1. The van der Waals surface area contributed by atoms with E-state index in [0.717, 1.165) is 30.5 Å². The first-order valence-electron chi connectivity index (χ1n) is 7.36. The van der Waals surface area contributed by atoms with Crippen LogP contribution in [0.15, 0.2) is 30.3 Å². The van der Waals surface area contributed by atoms with Crippen molar-refractivity contribution in [3.63, 3.8) is 0 Å². The van der Waals surface area contributed by atoms with Crippen LogP contribution >= 0.6 is 0 Å². The van der Waals surface area contributed by atoms with E-state index in [4.69, 9.17) is 9.84 Å². The van der Waals surface area contributed by atoms with Crippen molar-refractivity contribution in [3.8, 4) is 5.75 Å². The lowest BCUT2D eigenvalue weighted by atomic mass is 10.0. The summed E-state index contributed by atoms with van der Waals surface area (Å²) < 4.78 is 5.76. The number of carboxylic acid groups (broad SMARTS) is 1. The van der Waals surface area contributed by atoms with Crippen LogP contribution < -0.4 is 4.74 Å². The Labute approximate surface area is 126 Å². The normalized spacial score (nSPS) is 18.2. The van der Waals surface area contributed by atoms with E-state index in [1.807, 2.05) is 24.3 Å². The molecule has 0 atom stereocenters. The number of carboxylic acids is 1.